The van der Waals surface area contributed by atoms with E-state index in [4.69, 9.17) is 26.9 Å². The van der Waals surface area contributed by atoms with Gasteiger partial charge < -0.3 is 67.0 Å². The number of aliphatic hydroxyl groups is 4. The Hall–Kier alpha value is -12.2. The fraction of sp³-hybridized carbons (Fsp3) is 0.467. The molecule has 0 bridgehead atoms. The number of β-amino-alcohol motifs (C(OH)–C–C–N with tert-alkyl or cyclic N) is 4. The van der Waals surface area contributed by atoms with Crippen molar-refractivity contribution in [2.75, 3.05) is 26.2 Å². The van der Waals surface area contributed by atoms with Crippen molar-refractivity contribution in [1.82, 2.24) is 60.2 Å². The first-order chi connectivity index (χ1) is 65.2. The second-order valence-electron chi connectivity index (χ2n) is 39.1. The molecule has 30 nitrogen and oxygen atoms in total. The number of aromatic nitrogens is 8. The van der Waals surface area contributed by atoms with Crippen molar-refractivity contribution in [3.63, 3.8) is 0 Å². The molecule has 12 aromatic rings. The number of hydrogen-bond donors (Lipinski definition) is 4. The van der Waals surface area contributed by atoms with Gasteiger partial charge in [0.2, 0.25) is 23.6 Å². The first-order valence-corrected chi connectivity index (χ1v) is 48.7. The second-order valence-corrected chi connectivity index (χ2v) is 40.9. The molecule has 4 saturated heterocycles. The molecule has 32 heteroatoms. The maximum Gasteiger partial charge on any atom is 0.234 e. The molecule has 4 fully saturated rings. The van der Waals surface area contributed by atoms with Crippen LogP contribution in [-0.4, -0.2) is 202 Å². The predicted octanol–water partition coefficient (Wildman–Crippen LogP) is 17.7. The van der Waals surface area contributed by atoms with E-state index < -0.39 is 83.1 Å². The summed E-state index contributed by atoms with van der Waals surface area (Å²) < 4.78 is 32.5. The number of benzene rings is 4. The highest BCUT2D eigenvalue weighted by molar-refractivity contribution is 7.13. The molecular weight excluding hydrogens is 1780 g/mol. The minimum Gasteiger partial charge on any atom is -0.443 e. The van der Waals surface area contributed by atoms with Gasteiger partial charge in [0.05, 0.1) is 115 Å². The van der Waals surface area contributed by atoms with Gasteiger partial charge in [0.15, 0.2) is 47.4 Å². The summed E-state index contributed by atoms with van der Waals surface area (Å²) in [6.45, 7) is 33.2. The van der Waals surface area contributed by atoms with E-state index in [-0.39, 0.29) is 129 Å². The van der Waals surface area contributed by atoms with Crippen LogP contribution in [0.15, 0.2) is 184 Å². The molecule has 0 unspecified atom stereocenters. The van der Waals surface area contributed by atoms with Gasteiger partial charge in [-0.15, -0.1) is 22.7 Å². The molecule has 0 spiro atoms. The molecule has 16 rings (SSSR count). The van der Waals surface area contributed by atoms with E-state index in [1.807, 2.05) is 213 Å². The number of carbonyl (C=O) groups excluding carboxylic acids is 8. The molecule has 4 N–H and O–H groups in total. The largest absolute Gasteiger partial charge is 0.443 e. The first-order valence-electron chi connectivity index (χ1n) is 47.0. The van der Waals surface area contributed by atoms with Crippen LogP contribution in [0, 0.1) is 52.4 Å². The molecule has 0 aliphatic carbocycles. The van der Waals surface area contributed by atoms with Gasteiger partial charge in [-0.3, -0.25) is 48.3 Å². The lowest BCUT2D eigenvalue weighted by Gasteiger charge is -2.33. The Morgan fingerprint density at radius 1 is 0.401 bits per heavy atom. The Labute approximate surface area is 806 Å². The van der Waals surface area contributed by atoms with Gasteiger partial charge in [-0.25, -0.2) is 9.97 Å². The summed E-state index contributed by atoms with van der Waals surface area (Å²) in [5.74, 6) is 0.144. The highest BCUT2D eigenvalue weighted by Crippen LogP contribution is 2.44. The molecule has 4 aromatic carbocycles. The maximum absolute atomic E-state index is 13.8. The predicted molar refractivity (Wildman–Crippen MR) is 516 cm³/mol. The van der Waals surface area contributed by atoms with E-state index in [1.165, 1.54) is 22.6 Å². The van der Waals surface area contributed by atoms with Gasteiger partial charge in [0.25, 0.3) is 0 Å². The Morgan fingerprint density at radius 3 is 0.964 bits per heavy atom. The zero-order chi connectivity index (χ0) is 98.6. The number of amides is 4. The van der Waals surface area contributed by atoms with Crippen molar-refractivity contribution in [1.29, 1.82) is 0 Å². The lowest BCUT2D eigenvalue weighted by Crippen LogP contribution is -2.46. The molecule has 726 valence electrons. The maximum atomic E-state index is 13.8. The van der Waals surface area contributed by atoms with Crippen LogP contribution < -0.4 is 0 Å². The average molecular weight is 1910 g/mol. The zero-order valence-corrected chi connectivity index (χ0v) is 82.6. The molecule has 15 atom stereocenters. The second kappa shape index (κ2) is 44.9. The monoisotopic (exact) mass is 1910 g/mol. The summed E-state index contributed by atoms with van der Waals surface area (Å²) in [5, 5.41) is 57.0. The number of aryl methyl sites for hydroxylation is 7. The highest BCUT2D eigenvalue weighted by Gasteiger charge is 2.50. The molecule has 0 saturated carbocycles. The topological polar surface area (TPSA) is 412 Å². The van der Waals surface area contributed by atoms with Gasteiger partial charge in [-0.1, -0.05) is 194 Å². The Kier molecular flexibility index (Phi) is 33.5. The van der Waals surface area contributed by atoms with E-state index in [0.29, 0.717) is 77.9 Å². The standard InChI is InChI=1S/C28H35N3O5.C27H33N3O4S.C26H31N3O5.C24H27N3O4S/c1-16(19-7-9-20(10-8-19)26-18(3)29-15-35-26)11-23(33)22-13-21(32)14-31(22)27(34)25(28(4,5)6)24-12-17(2)30-36-24;1-16(18-6-8-19(9-7-18)24-13-28-15-35-24)10-22(32)21-12-20(31)14-30(21)26(33)25(27(3,4)5)23-11-17(2)29-34-23;1-5-21(24-11-16(3)28-34-24)26(32)29-13-20(30)12-22(29)23(31)10-15(2)18-6-8-19(9-7-18)25-17(4)27-14-33-25;1-3-19(22-10-15(2)26-31-22)24(30)27-13-18(28)11-20(27)21(29)9-6-16-4-7-17(8-5-16)23-12-25-14-32-23/h7-10,12,15-16,21-22,25,32H,11,13-14H2,1-6H3;6-9,11,13,15-16,20-21,25,31H,10,12,14H2,1-5H3;6-9,11,14-15,20-22,30H,5,10,12-13H2,1-4H3;4-5,7-8,10,12,14,18-20,28H,3,6,9,11,13H2,1-2H3/t16-,21-,22+,25-;16-,20-,21+,25-;15-,20-,21-,22+;18-,19-,20+/m1111/s1. The highest BCUT2D eigenvalue weighted by atomic mass is 32.1. The summed E-state index contributed by atoms with van der Waals surface area (Å²) in [6.07, 6.45) is 7.51. The minimum atomic E-state index is -0.736. The van der Waals surface area contributed by atoms with Crippen LogP contribution in [0.4, 0.5) is 0 Å². The van der Waals surface area contributed by atoms with Gasteiger partial charge in [-0.2, -0.15) is 0 Å². The summed E-state index contributed by atoms with van der Waals surface area (Å²) in [6, 6.07) is 36.6. The molecular formula is C105H126N12O18S2. The average Bonchev–Trinajstić information content (AvgIpc) is 1.66. The van der Waals surface area contributed by atoms with Crippen LogP contribution in [-0.2, 0) is 44.8 Å². The van der Waals surface area contributed by atoms with Crippen molar-refractivity contribution < 1.29 is 85.7 Å². The zero-order valence-electron chi connectivity index (χ0n) is 81.0. The van der Waals surface area contributed by atoms with Gasteiger partial charge in [0.1, 0.15) is 34.9 Å². The molecule has 137 heavy (non-hydrogen) atoms. The Balaban J connectivity index is 0.000000154. The molecule has 4 aliphatic rings. The third-order valence-corrected chi connectivity index (χ3v) is 27.9. The van der Waals surface area contributed by atoms with Crippen LogP contribution in [0.25, 0.3) is 43.5 Å². The molecule has 4 amide bonds. The lowest BCUT2D eigenvalue weighted by molar-refractivity contribution is -0.141. The number of aliphatic hydroxyl groups excluding tert-OH is 4. The SMILES string of the molecule is CC[C@@H](C(=O)N1C[C@H](O)C[C@H]1C(=O)CCc1ccc(-c2cncs2)cc1)c1cc(C)no1.CC[C@@H](C(=O)N1C[C@H](O)C[C@H]1C(=O)C[C@@H](C)c1ccc(-c2ocnc2C)cc1)c1cc(C)no1.Cc1cc([C@H](C(=O)N2C[C@H](O)C[C@H]2C(=O)C[C@@H](C)c2ccc(-c3cncs3)cc2)C(C)(C)C)on1.Cc1cc([C@H](C(=O)N2C[C@H](O)C[C@H]2C(=O)C[C@@H](C)c2ccc(-c3ocnc3C)cc2)C(C)(C)C)on1. The minimum absolute atomic E-state index is 0.0111. The van der Waals surface area contributed by atoms with Crippen molar-refractivity contribution in [2.45, 2.75) is 278 Å². The van der Waals surface area contributed by atoms with E-state index in [9.17, 15) is 58.8 Å². The number of likely N-dealkylation sites (tertiary alicyclic amines) is 4. The lowest BCUT2D eigenvalue weighted by atomic mass is 9.78. The van der Waals surface area contributed by atoms with Crippen LogP contribution in [0.2, 0.25) is 0 Å². The summed E-state index contributed by atoms with van der Waals surface area (Å²) in [7, 11) is 0. The number of carbonyl (C=O) groups is 8. The Morgan fingerprint density at radius 2 is 0.693 bits per heavy atom. The van der Waals surface area contributed by atoms with Crippen LogP contribution in [0.1, 0.15) is 261 Å². The quantitative estimate of drug-likeness (QED) is 0.0325. The number of rotatable bonds is 30. The van der Waals surface area contributed by atoms with Crippen LogP contribution in [0.3, 0.4) is 0 Å². The summed E-state index contributed by atoms with van der Waals surface area (Å²) in [5.41, 5.74) is 15.4. The number of ketones is 4. The number of thiazole rings is 2. The van der Waals surface area contributed by atoms with E-state index >= 15 is 0 Å². The summed E-state index contributed by atoms with van der Waals surface area (Å²) >= 11 is 3.17. The number of hydrogen-bond acceptors (Lipinski definition) is 28. The summed E-state index contributed by atoms with van der Waals surface area (Å²) in [4.78, 5) is 132. The van der Waals surface area contributed by atoms with E-state index in [0.717, 1.165) is 77.2 Å². The number of nitrogens with zero attached hydrogens (tertiary/aromatic N) is 12. The van der Waals surface area contributed by atoms with Crippen LogP contribution in [0.5, 0.6) is 0 Å². The van der Waals surface area contributed by atoms with Gasteiger partial charge in [0, 0.05) is 125 Å². The third kappa shape index (κ3) is 25.0. The van der Waals surface area contributed by atoms with Gasteiger partial charge >= 0.3 is 0 Å². The smallest absolute Gasteiger partial charge is 0.234 e. The van der Waals surface area contributed by atoms with Gasteiger partial charge in [-0.05, 0) is 123 Å². The van der Waals surface area contributed by atoms with Crippen molar-refractivity contribution in [3.05, 3.63) is 237 Å². The third-order valence-electron chi connectivity index (χ3n) is 26.2. The van der Waals surface area contributed by atoms with Crippen molar-refractivity contribution >= 4 is 69.4 Å². The fourth-order valence-electron chi connectivity index (χ4n) is 18.9. The molecule has 12 heterocycles. The van der Waals surface area contributed by atoms with E-state index in [2.05, 4.69) is 40.6 Å². The molecule has 8 aromatic heterocycles. The number of oxazole rings is 2. The Bertz CT molecular complexity index is 6060. The molecule has 0 radical (unpaired) electrons. The van der Waals surface area contributed by atoms with Crippen molar-refractivity contribution in [2.24, 2.45) is 10.8 Å². The number of Topliss-reactive ketones (excluding diaryl/α,β-unsaturated/α-hetero) is 4. The van der Waals surface area contributed by atoms with Crippen LogP contribution >= 0.6 is 22.7 Å². The van der Waals surface area contributed by atoms with Crippen molar-refractivity contribution in [3.8, 4) is 43.5 Å². The van der Waals surface area contributed by atoms with E-state index in [1.54, 1.807) is 81.6 Å². The fourth-order valence-corrected chi connectivity index (χ4v) is 20.1. The normalized spacial score (nSPS) is 19.8. The molecule has 4 aliphatic heterocycles. The first kappa shape index (κ1) is 102.